The summed E-state index contributed by atoms with van der Waals surface area (Å²) in [5.41, 5.74) is 1.10. The molecule has 0 amide bonds. The van der Waals surface area contributed by atoms with Crippen LogP contribution in [-0.2, 0) is 0 Å². The van der Waals surface area contributed by atoms with Crippen molar-refractivity contribution in [3.63, 3.8) is 0 Å². The van der Waals surface area contributed by atoms with Crippen molar-refractivity contribution in [2.24, 2.45) is 0 Å². The van der Waals surface area contributed by atoms with E-state index in [9.17, 15) is 5.11 Å². The van der Waals surface area contributed by atoms with Gasteiger partial charge in [0, 0.05) is 23.8 Å². The summed E-state index contributed by atoms with van der Waals surface area (Å²) >= 11 is 5.80. The van der Waals surface area contributed by atoms with Gasteiger partial charge in [0.1, 0.15) is 0 Å². The Morgan fingerprint density at radius 2 is 1.93 bits per heavy atom. The lowest BCUT2D eigenvalue weighted by molar-refractivity contribution is 0.200. The fourth-order valence-corrected chi connectivity index (χ4v) is 1.51. The Balaban J connectivity index is 2.73. The molecule has 0 saturated carbocycles. The molecular formula is C11H16ClNO. The monoisotopic (exact) mass is 213 g/mol. The predicted octanol–water partition coefficient (Wildman–Crippen LogP) is 2.55. The van der Waals surface area contributed by atoms with E-state index < -0.39 is 0 Å². The lowest BCUT2D eigenvalue weighted by Gasteiger charge is -2.24. The molecule has 1 atom stereocenters. The second-order valence-corrected chi connectivity index (χ2v) is 3.80. The van der Waals surface area contributed by atoms with Crippen LogP contribution >= 0.6 is 11.6 Å². The SMILES string of the molecule is CCN(CC(C)O)c1ccc(Cl)cc1. The normalized spacial score (nSPS) is 12.6. The first-order valence-electron chi connectivity index (χ1n) is 4.82. The van der Waals surface area contributed by atoms with E-state index in [-0.39, 0.29) is 6.10 Å². The van der Waals surface area contributed by atoms with Crippen LogP contribution < -0.4 is 4.90 Å². The summed E-state index contributed by atoms with van der Waals surface area (Å²) in [5.74, 6) is 0. The number of benzene rings is 1. The number of hydrogen-bond donors (Lipinski definition) is 1. The van der Waals surface area contributed by atoms with Gasteiger partial charge in [0.15, 0.2) is 0 Å². The number of likely N-dealkylation sites (N-methyl/N-ethyl adjacent to an activating group) is 1. The summed E-state index contributed by atoms with van der Waals surface area (Å²) < 4.78 is 0. The quantitative estimate of drug-likeness (QED) is 0.831. The Kier molecular flexibility index (Phi) is 4.23. The van der Waals surface area contributed by atoms with Gasteiger partial charge in [-0.1, -0.05) is 11.6 Å². The van der Waals surface area contributed by atoms with Crippen molar-refractivity contribution >= 4 is 17.3 Å². The Morgan fingerprint density at radius 3 is 2.36 bits per heavy atom. The Bertz CT molecular complexity index is 271. The molecule has 78 valence electrons. The molecule has 3 heteroatoms. The van der Waals surface area contributed by atoms with Crippen molar-refractivity contribution in [2.75, 3.05) is 18.0 Å². The Labute approximate surface area is 90.1 Å². The van der Waals surface area contributed by atoms with Crippen LogP contribution in [0.3, 0.4) is 0 Å². The topological polar surface area (TPSA) is 23.5 Å². The molecule has 0 saturated heterocycles. The zero-order valence-electron chi connectivity index (χ0n) is 8.57. The maximum Gasteiger partial charge on any atom is 0.0687 e. The first-order valence-corrected chi connectivity index (χ1v) is 5.20. The molecule has 1 N–H and O–H groups in total. The van der Waals surface area contributed by atoms with Gasteiger partial charge in [-0.2, -0.15) is 0 Å². The van der Waals surface area contributed by atoms with Gasteiger partial charge in [-0.25, -0.2) is 0 Å². The fourth-order valence-electron chi connectivity index (χ4n) is 1.39. The number of hydrogen-bond acceptors (Lipinski definition) is 2. The van der Waals surface area contributed by atoms with Gasteiger partial charge in [-0.15, -0.1) is 0 Å². The summed E-state index contributed by atoms with van der Waals surface area (Å²) in [6.07, 6.45) is -0.314. The maximum absolute atomic E-state index is 9.30. The van der Waals surface area contributed by atoms with Gasteiger partial charge >= 0.3 is 0 Å². The number of nitrogens with zero attached hydrogens (tertiary/aromatic N) is 1. The van der Waals surface area contributed by atoms with Gasteiger partial charge in [0.05, 0.1) is 6.10 Å². The van der Waals surface area contributed by atoms with Crippen LogP contribution in [0.5, 0.6) is 0 Å². The minimum absolute atomic E-state index is 0.314. The maximum atomic E-state index is 9.30. The third-order valence-corrected chi connectivity index (χ3v) is 2.31. The first-order chi connectivity index (χ1) is 6.63. The predicted molar refractivity (Wildman–Crippen MR) is 61.0 cm³/mol. The molecule has 1 aromatic rings. The lowest BCUT2D eigenvalue weighted by atomic mass is 10.2. The number of halogens is 1. The van der Waals surface area contributed by atoms with E-state index in [2.05, 4.69) is 11.8 Å². The van der Waals surface area contributed by atoms with Crippen molar-refractivity contribution in [3.05, 3.63) is 29.3 Å². The highest BCUT2D eigenvalue weighted by atomic mass is 35.5. The molecule has 0 aliphatic heterocycles. The number of aliphatic hydroxyl groups excluding tert-OH is 1. The summed E-state index contributed by atoms with van der Waals surface area (Å²) in [4.78, 5) is 2.11. The van der Waals surface area contributed by atoms with Crippen LogP contribution in [-0.4, -0.2) is 24.3 Å². The van der Waals surface area contributed by atoms with Crippen LogP contribution in [0, 0.1) is 0 Å². The Morgan fingerprint density at radius 1 is 1.36 bits per heavy atom. The largest absolute Gasteiger partial charge is 0.392 e. The number of rotatable bonds is 4. The smallest absolute Gasteiger partial charge is 0.0687 e. The average molecular weight is 214 g/mol. The van der Waals surface area contributed by atoms with Gasteiger partial charge < -0.3 is 10.0 Å². The minimum Gasteiger partial charge on any atom is -0.392 e. The van der Waals surface area contributed by atoms with Crippen molar-refractivity contribution in [2.45, 2.75) is 20.0 Å². The molecule has 1 rings (SSSR count). The summed E-state index contributed by atoms with van der Waals surface area (Å²) in [5, 5.41) is 10.0. The molecule has 1 aromatic carbocycles. The summed E-state index contributed by atoms with van der Waals surface area (Å²) in [7, 11) is 0. The highest BCUT2D eigenvalue weighted by Crippen LogP contribution is 2.17. The van der Waals surface area contributed by atoms with E-state index in [1.54, 1.807) is 6.92 Å². The number of aliphatic hydroxyl groups is 1. The van der Waals surface area contributed by atoms with Crippen LogP contribution in [0.4, 0.5) is 5.69 Å². The van der Waals surface area contributed by atoms with E-state index in [0.717, 1.165) is 17.3 Å². The molecule has 14 heavy (non-hydrogen) atoms. The molecule has 0 radical (unpaired) electrons. The zero-order valence-corrected chi connectivity index (χ0v) is 9.33. The summed E-state index contributed by atoms with van der Waals surface area (Å²) in [6, 6.07) is 7.66. The van der Waals surface area contributed by atoms with E-state index in [4.69, 9.17) is 11.6 Å². The molecule has 0 bridgehead atoms. The van der Waals surface area contributed by atoms with Crippen molar-refractivity contribution < 1.29 is 5.11 Å². The third kappa shape index (κ3) is 3.20. The van der Waals surface area contributed by atoms with Gasteiger partial charge in [0.2, 0.25) is 0 Å². The van der Waals surface area contributed by atoms with Gasteiger partial charge in [-0.3, -0.25) is 0 Å². The number of anilines is 1. The average Bonchev–Trinajstić information content (AvgIpc) is 2.15. The molecule has 0 spiro atoms. The zero-order chi connectivity index (χ0) is 10.6. The molecule has 2 nitrogen and oxygen atoms in total. The van der Waals surface area contributed by atoms with E-state index in [1.165, 1.54) is 0 Å². The highest BCUT2D eigenvalue weighted by Gasteiger charge is 2.06. The van der Waals surface area contributed by atoms with Crippen LogP contribution in [0.15, 0.2) is 24.3 Å². The molecule has 0 aromatic heterocycles. The standard InChI is InChI=1S/C11H16ClNO/c1-3-13(8-9(2)14)11-6-4-10(12)5-7-11/h4-7,9,14H,3,8H2,1-2H3. The molecule has 1 unspecified atom stereocenters. The van der Waals surface area contributed by atoms with Gasteiger partial charge in [0.25, 0.3) is 0 Å². The van der Waals surface area contributed by atoms with E-state index in [1.807, 2.05) is 24.3 Å². The Hall–Kier alpha value is -0.730. The third-order valence-electron chi connectivity index (χ3n) is 2.06. The molecule has 0 aliphatic carbocycles. The van der Waals surface area contributed by atoms with E-state index in [0.29, 0.717) is 6.54 Å². The van der Waals surface area contributed by atoms with Gasteiger partial charge in [-0.05, 0) is 38.1 Å². The second-order valence-electron chi connectivity index (χ2n) is 3.36. The minimum atomic E-state index is -0.314. The van der Waals surface area contributed by atoms with E-state index >= 15 is 0 Å². The van der Waals surface area contributed by atoms with Crippen molar-refractivity contribution in [1.82, 2.24) is 0 Å². The second kappa shape index (κ2) is 5.23. The highest BCUT2D eigenvalue weighted by molar-refractivity contribution is 6.30. The van der Waals surface area contributed by atoms with Crippen LogP contribution in [0.1, 0.15) is 13.8 Å². The van der Waals surface area contributed by atoms with Crippen LogP contribution in [0.2, 0.25) is 5.02 Å². The first kappa shape index (κ1) is 11.3. The summed E-state index contributed by atoms with van der Waals surface area (Å²) in [6.45, 7) is 5.39. The fraction of sp³-hybridized carbons (Fsp3) is 0.455. The van der Waals surface area contributed by atoms with Crippen molar-refractivity contribution in [3.8, 4) is 0 Å². The molecular weight excluding hydrogens is 198 g/mol. The molecule has 0 aliphatic rings. The lowest BCUT2D eigenvalue weighted by Crippen LogP contribution is -2.30. The van der Waals surface area contributed by atoms with Crippen molar-refractivity contribution in [1.29, 1.82) is 0 Å². The molecule has 0 fully saturated rings. The van der Waals surface area contributed by atoms with Crippen LogP contribution in [0.25, 0.3) is 0 Å². The molecule has 0 heterocycles.